The zero-order chi connectivity index (χ0) is 33.1. The summed E-state index contributed by atoms with van der Waals surface area (Å²) in [5.41, 5.74) is 0. The minimum atomic E-state index is -1.02. The molecular formula is C39H73NO5. The largest absolute Gasteiger partial charge is 0.480 e. The van der Waals surface area contributed by atoms with E-state index in [0.717, 1.165) is 64.2 Å². The number of ether oxygens (including phenoxy) is 1. The van der Waals surface area contributed by atoms with E-state index in [9.17, 15) is 14.4 Å². The van der Waals surface area contributed by atoms with Crippen LogP contribution >= 0.6 is 0 Å². The number of esters is 1. The fourth-order valence-corrected chi connectivity index (χ4v) is 5.80. The van der Waals surface area contributed by atoms with Gasteiger partial charge in [0.25, 0.3) is 0 Å². The first-order chi connectivity index (χ1) is 22.0. The summed E-state index contributed by atoms with van der Waals surface area (Å²) in [6.45, 7) is 4.20. The van der Waals surface area contributed by atoms with Gasteiger partial charge < -0.3 is 15.2 Å². The van der Waals surface area contributed by atoms with E-state index in [2.05, 4.69) is 31.3 Å². The first-order valence-corrected chi connectivity index (χ1v) is 19.3. The molecule has 0 aromatic rings. The summed E-state index contributed by atoms with van der Waals surface area (Å²) in [7, 11) is 0. The molecule has 0 bridgehead atoms. The van der Waals surface area contributed by atoms with Crippen molar-refractivity contribution in [1.82, 2.24) is 5.32 Å². The minimum Gasteiger partial charge on any atom is -0.480 e. The van der Waals surface area contributed by atoms with Crippen LogP contribution in [0.15, 0.2) is 12.2 Å². The van der Waals surface area contributed by atoms with Crippen molar-refractivity contribution in [2.45, 2.75) is 213 Å². The molecule has 0 fully saturated rings. The number of carbonyl (C=O) groups excluding carboxylic acids is 2. The lowest BCUT2D eigenvalue weighted by molar-refractivity contribution is -0.150. The van der Waals surface area contributed by atoms with Gasteiger partial charge in [-0.2, -0.15) is 0 Å². The topological polar surface area (TPSA) is 92.7 Å². The number of carboxylic acids is 1. The Morgan fingerprint density at radius 2 is 0.956 bits per heavy atom. The molecule has 0 aromatic heterocycles. The molecule has 0 saturated heterocycles. The Morgan fingerprint density at radius 3 is 1.42 bits per heavy atom. The molecule has 0 saturated carbocycles. The van der Waals surface area contributed by atoms with E-state index in [-0.39, 0.29) is 24.5 Å². The number of aliphatic carboxylic acids is 1. The van der Waals surface area contributed by atoms with Gasteiger partial charge in [-0.3, -0.25) is 14.4 Å². The van der Waals surface area contributed by atoms with Gasteiger partial charge in [-0.05, 0) is 64.2 Å². The van der Waals surface area contributed by atoms with E-state index in [1.165, 1.54) is 116 Å². The number of unbranched alkanes of at least 4 members (excludes halogenated alkanes) is 22. The van der Waals surface area contributed by atoms with Crippen LogP contribution in [0.5, 0.6) is 0 Å². The molecule has 6 heteroatoms. The van der Waals surface area contributed by atoms with Crippen LogP contribution in [0.2, 0.25) is 0 Å². The van der Waals surface area contributed by atoms with Crippen molar-refractivity contribution in [3.8, 4) is 0 Å². The number of nitrogens with one attached hydrogen (secondary N) is 1. The summed E-state index contributed by atoms with van der Waals surface area (Å²) in [6.07, 6.45) is 39.1. The SMILES string of the molecule is CCCCCCCC/C=C\CCCCCCCCCC(=O)OC(CCCCCCCC)CCCCCCCC(=O)NCC(=O)O. The minimum absolute atomic E-state index is 0.0221. The van der Waals surface area contributed by atoms with Gasteiger partial charge >= 0.3 is 11.9 Å². The van der Waals surface area contributed by atoms with Crippen LogP contribution in [0.25, 0.3) is 0 Å². The predicted molar refractivity (Wildman–Crippen MR) is 190 cm³/mol. The zero-order valence-corrected chi connectivity index (χ0v) is 29.7. The van der Waals surface area contributed by atoms with Gasteiger partial charge in [0.05, 0.1) is 0 Å². The summed E-state index contributed by atoms with van der Waals surface area (Å²) < 4.78 is 5.97. The normalized spacial score (nSPS) is 12.0. The summed E-state index contributed by atoms with van der Waals surface area (Å²) in [4.78, 5) is 34.8. The second-order valence-electron chi connectivity index (χ2n) is 13.2. The van der Waals surface area contributed by atoms with Gasteiger partial charge in [-0.1, -0.05) is 142 Å². The molecule has 0 aromatic carbocycles. The Morgan fingerprint density at radius 1 is 0.556 bits per heavy atom. The molecule has 1 atom stereocenters. The molecule has 0 rings (SSSR count). The van der Waals surface area contributed by atoms with Crippen LogP contribution in [0.1, 0.15) is 206 Å². The van der Waals surface area contributed by atoms with Gasteiger partial charge in [0, 0.05) is 12.8 Å². The third kappa shape index (κ3) is 34.9. The third-order valence-corrected chi connectivity index (χ3v) is 8.69. The van der Waals surface area contributed by atoms with Crippen molar-refractivity contribution in [1.29, 1.82) is 0 Å². The van der Waals surface area contributed by atoms with Crippen molar-refractivity contribution < 1.29 is 24.2 Å². The predicted octanol–water partition coefficient (Wildman–Crippen LogP) is 11.4. The van der Waals surface area contributed by atoms with Crippen molar-refractivity contribution in [3.63, 3.8) is 0 Å². The summed E-state index contributed by atoms with van der Waals surface area (Å²) in [6, 6.07) is 0. The van der Waals surface area contributed by atoms with E-state index < -0.39 is 5.97 Å². The lowest BCUT2D eigenvalue weighted by Gasteiger charge is -2.18. The monoisotopic (exact) mass is 636 g/mol. The molecular weight excluding hydrogens is 562 g/mol. The maximum atomic E-state index is 12.6. The van der Waals surface area contributed by atoms with Crippen LogP contribution in [0, 0.1) is 0 Å². The van der Waals surface area contributed by atoms with E-state index in [0.29, 0.717) is 12.8 Å². The summed E-state index contributed by atoms with van der Waals surface area (Å²) in [5.74, 6) is -1.23. The fraction of sp³-hybridized carbons (Fsp3) is 0.872. The molecule has 0 heterocycles. The molecule has 0 aliphatic rings. The highest BCUT2D eigenvalue weighted by atomic mass is 16.5. The van der Waals surface area contributed by atoms with Crippen molar-refractivity contribution >= 4 is 17.8 Å². The van der Waals surface area contributed by atoms with Crippen LogP contribution in [-0.2, 0) is 19.1 Å². The molecule has 0 aliphatic heterocycles. The van der Waals surface area contributed by atoms with Crippen molar-refractivity contribution in [3.05, 3.63) is 12.2 Å². The second-order valence-corrected chi connectivity index (χ2v) is 13.2. The Labute approximate surface area is 278 Å². The number of carbonyl (C=O) groups is 3. The molecule has 0 aliphatic carbocycles. The highest BCUT2D eigenvalue weighted by Gasteiger charge is 2.14. The Bertz CT molecular complexity index is 708. The smallest absolute Gasteiger partial charge is 0.322 e. The van der Waals surface area contributed by atoms with E-state index in [1.807, 2.05) is 0 Å². The highest BCUT2D eigenvalue weighted by molar-refractivity contribution is 5.80. The van der Waals surface area contributed by atoms with Crippen LogP contribution in [-0.4, -0.2) is 35.6 Å². The number of allylic oxidation sites excluding steroid dienone is 2. The van der Waals surface area contributed by atoms with E-state index in [4.69, 9.17) is 9.84 Å². The van der Waals surface area contributed by atoms with Crippen LogP contribution in [0.3, 0.4) is 0 Å². The quantitative estimate of drug-likeness (QED) is 0.0410. The first kappa shape index (κ1) is 43.1. The Kier molecular flexibility index (Phi) is 33.6. The standard InChI is InChI=1S/C39H73NO5/c1-3-5-7-9-11-12-13-14-15-16-17-18-19-20-21-26-30-34-39(44)45-36(31-27-23-10-8-6-4-2)32-28-24-22-25-29-33-37(41)40-35-38(42)43/h14-15,36H,3-13,16-35H2,1-2H3,(H,40,41)(H,42,43)/b15-14-. The Balaban J connectivity index is 3.96. The molecule has 0 radical (unpaired) electrons. The van der Waals surface area contributed by atoms with Gasteiger partial charge in [0.15, 0.2) is 0 Å². The maximum absolute atomic E-state index is 12.6. The molecule has 2 N–H and O–H groups in total. The summed E-state index contributed by atoms with van der Waals surface area (Å²) >= 11 is 0. The van der Waals surface area contributed by atoms with Crippen LogP contribution in [0.4, 0.5) is 0 Å². The van der Waals surface area contributed by atoms with Gasteiger partial charge in [0.2, 0.25) is 5.91 Å². The number of rotatable bonds is 35. The van der Waals surface area contributed by atoms with Crippen molar-refractivity contribution in [2.24, 2.45) is 0 Å². The number of hydrogen-bond acceptors (Lipinski definition) is 4. The van der Waals surface area contributed by atoms with Gasteiger partial charge in [-0.15, -0.1) is 0 Å². The fourth-order valence-electron chi connectivity index (χ4n) is 5.80. The number of hydrogen-bond donors (Lipinski definition) is 2. The number of amides is 1. The molecule has 264 valence electrons. The lowest BCUT2D eigenvalue weighted by atomic mass is 10.0. The average molecular weight is 636 g/mol. The highest BCUT2D eigenvalue weighted by Crippen LogP contribution is 2.18. The molecule has 1 unspecified atom stereocenters. The Hall–Kier alpha value is -1.85. The van der Waals surface area contributed by atoms with Gasteiger partial charge in [-0.25, -0.2) is 0 Å². The molecule has 45 heavy (non-hydrogen) atoms. The number of carboxylic acid groups (broad SMARTS) is 1. The van der Waals surface area contributed by atoms with Crippen LogP contribution < -0.4 is 5.32 Å². The summed E-state index contributed by atoms with van der Waals surface area (Å²) in [5, 5.41) is 11.0. The second kappa shape index (κ2) is 35.0. The lowest BCUT2D eigenvalue weighted by Crippen LogP contribution is -2.28. The first-order valence-electron chi connectivity index (χ1n) is 19.3. The van der Waals surface area contributed by atoms with E-state index in [1.54, 1.807) is 0 Å². The van der Waals surface area contributed by atoms with Crippen molar-refractivity contribution in [2.75, 3.05) is 6.54 Å². The molecule has 6 nitrogen and oxygen atoms in total. The molecule has 1 amide bonds. The zero-order valence-electron chi connectivity index (χ0n) is 29.7. The van der Waals surface area contributed by atoms with Gasteiger partial charge in [0.1, 0.15) is 12.6 Å². The maximum Gasteiger partial charge on any atom is 0.322 e. The third-order valence-electron chi connectivity index (χ3n) is 8.69. The average Bonchev–Trinajstić information content (AvgIpc) is 3.02. The van der Waals surface area contributed by atoms with E-state index >= 15 is 0 Å². The molecule has 0 spiro atoms.